The number of rotatable bonds is 8. The number of aromatic amines is 1. The van der Waals surface area contributed by atoms with Crippen molar-refractivity contribution in [1.29, 1.82) is 0 Å². The Morgan fingerprint density at radius 3 is 2.62 bits per heavy atom. The van der Waals surface area contributed by atoms with Crippen LogP contribution < -0.4 is 0 Å². The van der Waals surface area contributed by atoms with E-state index in [-0.39, 0.29) is 12.6 Å². The monoisotopic (exact) mass is 343 g/mol. The van der Waals surface area contributed by atoms with Gasteiger partial charge in [-0.1, -0.05) is 37.3 Å². The highest BCUT2D eigenvalue weighted by molar-refractivity contribution is 7.09. The van der Waals surface area contributed by atoms with E-state index in [1.807, 2.05) is 12.1 Å². The average molecular weight is 343 g/mol. The van der Waals surface area contributed by atoms with Crippen LogP contribution in [-0.4, -0.2) is 43.3 Å². The Morgan fingerprint density at radius 2 is 2.04 bits per heavy atom. The first kappa shape index (κ1) is 16.8. The van der Waals surface area contributed by atoms with Crippen LogP contribution in [0.15, 0.2) is 41.8 Å². The summed E-state index contributed by atoms with van der Waals surface area (Å²) < 4.78 is 0. The van der Waals surface area contributed by atoms with Crippen molar-refractivity contribution in [3.8, 4) is 11.4 Å². The van der Waals surface area contributed by atoms with Crippen LogP contribution in [0, 0.1) is 0 Å². The molecule has 2 aromatic heterocycles. The average Bonchev–Trinajstić information content (AvgIpc) is 3.30. The number of nitrogens with one attached hydrogen (secondary N) is 1. The number of benzene rings is 1. The third-order valence-corrected chi connectivity index (χ3v) is 4.94. The molecule has 1 unspecified atom stereocenters. The zero-order valence-electron chi connectivity index (χ0n) is 13.6. The predicted octanol–water partition coefficient (Wildman–Crippen LogP) is 2.70. The number of aliphatic hydroxyl groups excluding tert-OH is 1. The normalized spacial score (nSPS) is 12.6. The number of tetrazole rings is 1. The summed E-state index contributed by atoms with van der Waals surface area (Å²) in [5, 5.41) is 25.8. The van der Waals surface area contributed by atoms with Crippen LogP contribution >= 0.6 is 11.3 Å². The lowest BCUT2D eigenvalue weighted by atomic mass is 10.1. The molecule has 3 rings (SSSR count). The third kappa shape index (κ3) is 4.05. The standard InChI is InChI=1S/C17H21N5OS/c1-2-15(12-23)22(11-16-4-3-9-24-16)10-13-5-7-14(8-6-13)17-18-20-21-19-17/h3-9,15,23H,2,10-12H2,1H3,(H,18,19,20,21). The van der Waals surface area contributed by atoms with Gasteiger partial charge in [0.25, 0.3) is 0 Å². The largest absolute Gasteiger partial charge is 0.395 e. The molecule has 0 aliphatic carbocycles. The molecule has 1 atom stereocenters. The summed E-state index contributed by atoms with van der Waals surface area (Å²) in [5.74, 6) is 0.596. The van der Waals surface area contributed by atoms with Gasteiger partial charge < -0.3 is 5.11 Å². The first-order valence-electron chi connectivity index (χ1n) is 8.00. The van der Waals surface area contributed by atoms with Crippen LogP contribution in [0.25, 0.3) is 11.4 Å². The van der Waals surface area contributed by atoms with Gasteiger partial charge in [0.05, 0.1) is 6.61 Å². The minimum Gasteiger partial charge on any atom is -0.395 e. The summed E-state index contributed by atoms with van der Waals surface area (Å²) in [4.78, 5) is 3.64. The molecule has 0 spiro atoms. The first-order chi connectivity index (χ1) is 11.8. The molecule has 0 saturated carbocycles. The number of H-pyrrole nitrogens is 1. The van der Waals surface area contributed by atoms with E-state index < -0.39 is 0 Å². The lowest BCUT2D eigenvalue weighted by Gasteiger charge is -2.29. The summed E-state index contributed by atoms with van der Waals surface area (Å²) in [6.07, 6.45) is 0.919. The zero-order valence-corrected chi connectivity index (χ0v) is 14.4. The number of aliphatic hydroxyl groups is 1. The molecule has 0 fully saturated rings. The second-order valence-electron chi connectivity index (χ2n) is 5.66. The van der Waals surface area contributed by atoms with Crippen LogP contribution in [0.5, 0.6) is 0 Å². The molecule has 7 heteroatoms. The zero-order chi connectivity index (χ0) is 16.8. The summed E-state index contributed by atoms with van der Waals surface area (Å²) >= 11 is 1.75. The molecule has 0 saturated heterocycles. The quantitative estimate of drug-likeness (QED) is 0.657. The lowest BCUT2D eigenvalue weighted by molar-refractivity contribution is 0.107. The van der Waals surface area contributed by atoms with Gasteiger partial charge in [0, 0.05) is 29.6 Å². The van der Waals surface area contributed by atoms with E-state index in [1.54, 1.807) is 11.3 Å². The van der Waals surface area contributed by atoms with Crippen LogP contribution in [0.3, 0.4) is 0 Å². The molecular weight excluding hydrogens is 322 g/mol. The van der Waals surface area contributed by atoms with Gasteiger partial charge in [-0.05, 0) is 28.6 Å². The fourth-order valence-electron chi connectivity index (χ4n) is 2.70. The molecule has 2 heterocycles. The van der Waals surface area contributed by atoms with Gasteiger partial charge in [0.1, 0.15) is 0 Å². The SMILES string of the molecule is CCC(CO)N(Cc1ccc(-c2nn[nH]n2)cc1)Cc1cccs1. The van der Waals surface area contributed by atoms with E-state index in [0.717, 1.165) is 25.1 Å². The van der Waals surface area contributed by atoms with E-state index in [9.17, 15) is 5.11 Å². The Bertz CT molecular complexity index is 708. The van der Waals surface area contributed by atoms with E-state index in [1.165, 1.54) is 10.4 Å². The Balaban J connectivity index is 1.73. The van der Waals surface area contributed by atoms with Gasteiger partial charge in [-0.25, -0.2) is 0 Å². The molecule has 24 heavy (non-hydrogen) atoms. The van der Waals surface area contributed by atoms with Gasteiger partial charge in [-0.3, -0.25) is 4.90 Å². The van der Waals surface area contributed by atoms with E-state index in [0.29, 0.717) is 5.82 Å². The van der Waals surface area contributed by atoms with Gasteiger partial charge in [-0.15, -0.1) is 21.5 Å². The molecule has 2 N–H and O–H groups in total. The number of hydrogen-bond acceptors (Lipinski definition) is 6. The molecule has 126 valence electrons. The lowest BCUT2D eigenvalue weighted by Crippen LogP contribution is -2.36. The van der Waals surface area contributed by atoms with Crippen molar-refractivity contribution in [2.45, 2.75) is 32.5 Å². The summed E-state index contributed by atoms with van der Waals surface area (Å²) in [5.41, 5.74) is 2.14. The summed E-state index contributed by atoms with van der Waals surface area (Å²) in [7, 11) is 0. The van der Waals surface area contributed by atoms with E-state index in [4.69, 9.17) is 0 Å². The molecule has 0 aliphatic rings. The minimum atomic E-state index is 0.156. The van der Waals surface area contributed by atoms with Crippen molar-refractivity contribution in [2.24, 2.45) is 0 Å². The second kappa shape index (κ2) is 8.14. The molecule has 0 aliphatic heterocycles. The number of hydrogen-bond donors (Lipinski definition) is 2. The van der Waals surface area contributed by atoms with Gasteiger partial charge in [0.2, 0.25) is 5.82 Å². The van der Waals surface area contributed by atoms with Gasteiger partial charge in [0.15, 0.2) is 0 Å². The molecular formula is C17H21N5OS. The maximum absolute atomic E-state index is 9.71. The van der Waals surface area contributed by atoms with Crippen molar-refractivity contribution in [3.63, 3.8) is 0 Å². The van der Waals surface area contributed by atoms with Crippen molar-refractivity contribution in [2.75, 3.05) is 6.61 Å². The molecule has 6 nitrogen and oxygen atoms in total. The Hall–Kier alpha value is -2.09. The molecule has 0 bridgehead atoms. The van der Waals surface area contributed by atoms with Crippen LogP contribution in [0.1, 0.15) is 23.8 Å². The molecule has 0 amide bonds. The Labute approximate surface area is 145 Å². The van der Waals surface area contributed by atoms with Crippen molar-refractivity contribution < 1.29 is 5.11 Å². The highest BCUT2D eigenvalue weighted by atomic mass is 32.1. The van der Waals surface area contributed by atoms with E-state index in [2.05, 4.69) is 62.1 Å². The predicted molar refractivity (Wildman–Crippen MR) is 94.3 cm³/mol. The van der Waals surface area contributed by atoms with Crippen LogP contribution in [0.4, 0.5) is 0 Å². The second-order valence-corrected chi connectivity index (χ2v) is 6.69. The molecule has 3 aromatic rings. The van der Waals surface area contributed by atoms with Crippen LogP contribution in [-0.2, 0) is 13.1 Å². The molecule has 0 radical (unpaired) electrons. The number of aromatic nitrogens is 4. The highest BCUT2D eigenvalue weighted by Gasteiger charge is 2.17. The smallest absolute Gasteiger partial charge is 0.204 e. The third-order valence-electron chi connectivity index (χ3n) is 4.08. The number of nitrogens with zero attached hydrogens (tertiary/aromatic N) is 4. The summed E-state index contributed by atoms with van der Waals surface area (Å²) in [6.45, 7) is 3.93. The maximum atomic E-state index is 9.71. The van der Waals surface area contributed by atoms with Crippen molar-refractivity contribution in [3.05, 3.63) is 52.2 Å². The topological polar surface area (TPSA) is 77.9 Å². The minimum absolute atomic E-state index is 0.156. The van der Waals surface area contributed by atoms with E-state index >= 15 is 0 Å². The van der Waals surface area contributed by atoms with Crippen LogP contribution in [0.2, 0.25) is 0 Å². The van der Waals surface area contributed by atoms with Crippen molar-refractivity contribution >= 4 is 11.3 Å². The first-order valence-corrected chi connectivity index (χ1v) is 8.88. The Kier molecular flexibility index (Phi) is 5.68. The maximum Gasteiger partial charge on any atom is 0.204 e. The summed E-state index contributed by atoms with van der Waals surface area (Å²) in [6, 6.07) is 12.5. The molecule has 1 aromatic carbocycles. The fourth-order valence-corrected chi connectivity index (χ4v) is 3.43. The highest BCUT2D eigenvalue weighted by Crippen LogP contribution is 2.20. The van der Waals surface area contributed by atoms with Gasteiger partial charge >= 0.3 is 0 Å². The van der Waals surface area contributed by atoms with Gasteiger partial charge in [-0.2, -0.15) is 5.21 Å². The number of thiophene rings is 1. The fraction of sp³-hybridized carbons (Fsp3) is 0.353. The Morgan fingerprint density at radius 1 is 1.21 bits per heavy atom. The van der Waals surface area contributed by atoms with Crippen molar-refractivity contribution in [1.82, 2.24) is 25.5 Å².